The van der Waals surface area contributed by atoms with E-state index in [-0.39, 0.29) is 17.9 Å². The van der Waals surface area contributed by atoms with Gasteiger partial charge in [0.2, 0.25) is 5.91 Å². The Morgan fingerprint density at radius 1 is 1.31 bits per heavy atom. The van der Waals surface area contributed by atoms with Gasteiger partial charge in [-0.05, 0) is 26.7 Å². The van der Waals surface area contributed by atoms with Gasteiger partial charge in [0.25, 0.3) is 0 Å². The quantitative estimate of drug-likeness (QED) is 0.798. The van der Waals surface area contributed by atoms with E-state index >= 15 is 0 Å². The molecule has 94 valence electrons. The molecule has 0 spiro atoms. The van der Waals surface area contributed by atoms with Crippen LogP contribution in [0, 0.1) is 5.92 Å². The number of carbonyl (C=O) groups is 1. The molecule has 3 nitrogen and oxygen atoms in total. The third-order valence-electron chi connectivity index (χ3n) is 3.82. The van der Waals surface area contributed by atoms with E-state index in [9.17, 15) is 4.79 Å². The fourth-order valence-electron chi connectivity index (χ4n) is 2.47. The maximum absolute atomic E-state index is 12.3. The number of amides is 1. The van der Waals surface area contributed by atoms with Gasteiger partial charge in [-0.25, -0.2) is 0 Å². The lowest BCUT2D eigenvalue weighted by atomic mass is 9.92. The van der Waals surface area contributed by atoms with E-state index in [0.29, 0.717) is 6.04 Å². The summed E-state index contributed by atoms with van der Waals surface area (Å²) in [6, 6.07) is 0.414. The molecular weight excluding hydrogens is 200 g/mol. The zero-order chi connectivity index (χ0) is 12.1. The standard InChI is InChI=1S/C13H26N2O/c1-4-15(12-8-6-5-7-9-12)13(16)10(2)11(3)14/h10-12H,4-9,14H2,1-3H3. The molecule has 0 aliphatic heterocycles. The molecule has 0 heterocycles. The molecule has 16 heavy (non-hydrogen) atoms. The molecule has 2 atom stereocenters. The van der Waals surface area contributed by atoms with E-state index in [0.717, 1.165) is 6.54 Å². The van der Waals surface area contributed by atoms with Crippen LogP contribution >= 0.6 is 0 Å². The smallest absolute Gasteiger partial charge is 0.227 e. The predicted molar refractivity (Wildman–Crippen MR) is 67.1 cm³/mol. The lowest BCUT2D eigenvalue weighted by Crippen LogP contribution is -2.47. The van der Waals surface area contributed by atoms with Gasteiger partial charge in [-0.2, -0.15) is 0 Å². The van der Waals surface area contributed by atoms with Crippen molar-refractivity contribution in [1.82, 2.24) is 4.90 Å². The SMILES string of the molecule is CCN(C(=O)C(C)C(C)N)C1CCCCC1. The highest BCUT2D eigenvalue weighted by Crippen LogP contribution is 2.24. The van der Waals surface area contributed by atoms with Crippen molar-refractivity contribution in [2.45, 2.75) is 65.0 Å². The Morgan fingerprint density at radius 2 is 1.88 bits per heavy atom. The largest absolute Gasteiger partial charge is 0.340 e. The van der Waals surface area contributed by atoms with E-state index < -0.39 is 0 Å². The van der Waals surface area contributed by atoms with E-state index in [1.54, 1.807) is 0 Å². The Balaban J connectivity index is 2.61. The molecule has 0 aromatic heterocycles. The molecule has 1 aliphatic carbocycles. The Hall–Kier alpha value is -0.570. The van der Waals surface area contributed by atoms with Crippen molar-refractivity contribution >= 4 is 5.91 Å². The maximum atomic E-state index is 12.3. The molecule has 0 aromatic carbocycles. The summed E-state index contributed by atoms with van der Waals surface area (Å²) in [4.78, 5) is 14.3. The summed E-state index contributed by atoms with van der Waals surface area (Å²) in [5.41, 5.74) is 5.81. The van der Waals surface area contributed by atoms with Gasteiger partial charge in [0.1, 0.15) is 0 Å². The molecule has 2 unspecified atom stereocenters. The number of nitrogens with zero attached hydrogens (tertiary/aromatic N) is 1. The first kappa shape index (κ1) is 13.5. The topological polar surface area (TPSA) is 46.3 Å². The third kappa shape index (κ3) is 3.21. The minimum Gasteiger partial charge on any atom is -0.340 e. The average molecular weight is 226 g/mol. The molecule has 3 heteroatoms. The van der Waals surface area contributed by atoms with Crippen LogP contribution in [-0.2, 0) is 4.79 Å². The number of rotatable bonds is 4. The Kier molecular flexibility index (Phi) is 5.26. The van der Waals surface area contributed by atoms with Crippen LogP contribution in [0.5, 0.6) is 0 Å². The van der Waals surface area contributed by atoms with Gasteiger partial charge in [0.15, 0.2) is 0 Å². The van der Waals surface area contributed by atoms with Gasteiger partial charge in [-0.1, -0.05) is 26.2 Å². The second-order valence-corrected chi connectivity index (χ2v) is 5.06. The fourth-order valence-corrected chi connectivity index (χ4v) is 2.47. The van der Waals surface area contributed by atoms with Crippen LogP contribution in [0.3, 0.4) is 0 Å². The predicted octanol–water partition coefficient (Wildman–Crippen LogP) is 2.15. The van der Waals surface area contributed by atoms with Crippen LogP contribution in [0.4, 0.5) is 0 Å². The van der Waals surface area contributed by atoms with Gasteiger partial charge in [-0.15, -0.1) is 0 Å². The maximum Gasteiger partial charge on any atom is 0.227 e. The zero-order valence-corrected chi connectivity index (χ0v) is 10.9. The van der Waals surface area contributed by atoms with Crippen molar-refractivity contribution < 1.29 is 4.79 Å². The molecule has 1 aliphatic rings. The number of nitrogens with two attached hydrogens (primary N) is 1. The van der Waals surface area contributed by atoms with Crippen molar-refractivity contribution in [3.05, 3.63) is 0 Å². The minimum absolute atomic E-state index is 0.0508. The van der Waals surface area contributed by atoms with Gasteiger partial charge in [-0.3, -0.25) is 4.79 Å². The summed E-state index contributed by atoms with van der Waals surface area (Å²) >= 11 is 0. The molecule has 0 aromatic rings. The van der Waals surface area contributed by atoms with Crippen molar-refractivity contribution in [2.75, 3.05) is 6.54 Å². The summed E-state index contributed by atoms with van der Waals surface area (Å²) in [5, 5.41) is 0. The molecule has 0 bridgehead atoms. The second-order valence-electron chi connectivity index (χ2n) is 5.06. The molecular formula is C13H26N2O. The normalized spacial score (nSPS) is 21.5. The van der Waals surface area contributed by atoms with E-state index in [2.05, 4.69) is 6.92 Å². The van der Waals surface area contributed by atoms with Crippen molar-refractivity contribution in [3.8, 4) is 0 Å². The highest BCUT2D eigenvalue weighted by atomic mass is 16.2. The van der Waals surface area contributed by atoms with E-state index in [1.165, 1.54) is 32.1 Å². The van der Waals surface area contributed by atoms with Gasteiger partial charge in [0, 0.05) is 18.6 Å². The zero-order valence-electron chi connectivity index (χ0n) is 10.9. The monoisotopic (exact) mass is 226 g/mol. The molecule has 1 rings (SSSR count). The Bertz CT molecular complexity index is 222. The number of hydrogen-bond acceptors (Lipinski definition) is 2. The second kappa shape index (κ2) is 6.24. The molecule has 0 saturated heterocycles. The average Bonchev–Trinajstić information content (AvgIpc) is 2.30. The first-order valence-electron chi connectivity index (χ1n) is 6.64. The first-order valence-corrected chi connectivity index (χ1v) is 6.64. The molecule has 2 N–H and O–H groups in total. The summed E-state index contributed by atoms with van der Waals surface area (Å²) < 4.78 is 0. The van der Waals surface area contributed by atoms with Crippen LogP contribution in [-0.4, -0.2) is 29.4 Å². The van der Waals surface area contributed by atoms with Crippen molar-refractivity contribution in [3.63, 3.8) is 0 Å². The van der Waals surface area contributed by atoms with Crippen molar-refractivity contribution in [1.29, 1.82) is 0 Å². The summed E-state index contributed by atoms with van der Waals surface area (Å²) in [6.07, 6.45) is 6.20. The van der Waals surface area contributed by atoms with Crippen LogP contribution in [0.2, 0.25) is 0 Å². The van der Waals surface area contributed by atoms with Crippen LogP contribution in [0.1, 0.15) is 52.9 Å². The van der Waals surface area contributed by atoms with Gasteiger partial charge < -0.3 is 10.6 Å². The molecule has 1 fully saturated rings. The Labute approximate surface area is 99.4 Å². The summed E-state index contributed by atoms with van der Waals surface area (Å²) in [6.45, 7) is 6.75. The van der Waals surface area contributed by atoms with Gasteiger partial charge >= 0.3 is 0 Å². The van der Waals surface area contributed by atoms with Crippen molar-refractivity contribution in [2.24, 2.45) is 11.7 Å². The summed E-state index contributed by atoms with van der Waals surface area (Å²) in [7, 11) is 0. The Morgan fingerprint density at radius 3 is 2.31 bits per heavy atom. The first-order chi connectivity index (χ1) is 7.57. The lowest BCUT2D eigenvalue weighted by Gasteiger charge is -2.36. The van der Waals surface area contributed by atoms with E-state index in [4.69, 9.17) is 5.73 Å². The number of hydrogen-bond donors (Lipinski definition) is 1. The molecule has 1 saturated carbocycles. The van der Waals surface area contributed by atoms with Crippen LogP contribution < -0.4 is 5.73 Å². The fraction of sp³-hybridized carbons (Fsp3) is 0.923. The highest BCUT2D eigenvalue weighted by Gasteiger charge is 2.28. The highest BCUT2D eigenvalue weighted by molar-refractivity contribution is 5.79. The van der Waals surface area contributed by atoms with Crippen LogP contribution in [0.15, 0.2) is 0 Å². The van der Waals surface area contributed by atoms with E-state index in [1.807, 2.05) is 18.7 Å². The number of carbonyl (C=O) groups excluding carboxylic acids is 1. The molecule has 0 radical (unpaired) electrons. The van der Waals surface area contributed by atoms with Gasteiger partial charge in [0.05, 0.1) is 5.92 Å². The summed E-state index contributed by atoms with van der Waals surface area (Å²) in [5.74, 6) is 0.186. The minimum atomic E-state index is -0.0538. The lowest BCUT2D eigenvalue weighted by molar-refractivity contribution is -0.138. The van der Waals surface area contributed by atoms with Crippen LogP contribution in [0.25, 0.3) is 0 Å². The molecule has 1 amide bonds. The third-order valence-corrected chi connectivity index (χ3v) is 3.82.